The van der Waals surface area contributed by atoms with E-state index < -0.39 is 0 Å². The minimum Gasteiger partial charge on any atom is -0.384 e. The third-order valence-electron chi connectivity index (χ3n) is 4.13. The number of rotatable bonds is 4. The van der Waals surface area contributed by atoms with Crippen molar-refractivity contribution in [2.75, 3.05) is 31.1 Å². The summed E-state index contributed by atoms with van der Waals surface area (Å²) in [4.78, 5) is 4.95. The first-order valence-corrected chi connectivity index (χ1v) is 7.95. The summed E-state index contributed by atoms with van der Waals surface area (Å²) in [6.45, 7) is 8.85. The molecule has 1 heterocycles. The largest absolute Gasteiger partial charge is 0.384 e. The highest BCUT2D eigenvalue weighted by Gasteiger charge is 2.21. The monoisotopic (exact) mass is 338 g/mol. The zero-order chi connectivity index (χ0) is 14.7. The van der Waals surface area contributed by atoms with E-state index in [1.54, 1.807) is 0 Å². The van der Waals surface area contributed by atoms with Crippen molar-refractivity contribution in [3.63, 3.8) is 0 Å². The van der Waals surface area contributed by atoms with E-state index in [4.69, 9.17) is 11.1 Å². The molecule has 3 N–H and O–H groups in total. The van der Waals surface area contributed by atoms with Crippen molar-refractivity contribution < 1.29 is 0 Å². The van der Waals surface area contributed by atoms with Crippen LogP contribution in [0.15, 0.2) is 22.7 Å². The molecule has 2 rings (SSSR count). The molecule has 0 spiro atoms. The van der Waals surface area contributed by atoms with Crippen LogP contribution in [0.1, 0.15) is 25.8 Å². The zero-order valence-electron chi connectivity index (χ0n) is 12.2. The summed E-state index contributed by atoms with van der Waals surface area (Å²) >= 11 is 3.60. The first kappa shape index (κ1) is 15.3. The Labute approximate surface area is 129 Å². The molecule has 0 aliphatic carbocycles. The third-order valence-corrected chi connectivity index (χ3v) is 4.76. The number of nitrogens with one attached hydrogen (secondary N) is 1. The number of nitrogen functional groups attached to an aromatic ring is 1. The molecule has 1 unspecified atom stereocenters. The van der Waals surface area contributed by atoms with E-state index in [1.165, 1.54) is 12.1 Å². The second-order valence-corrected chi connectivity index (χ2v) is 6.21. The first-order valence-electron chi connectivity index (χ1n) is 7.16. The molecule has 110 valence electrons. The second-order valence-electron chi connectivity index (χ2n) is 5.36. The van der Waals surface area contributed by atoms with Crippen LogP contribution >= 0.6 is 15.9 Å². The fourth-order valence-electron chi connectivity index (χ4n) is 2.59. The fraction of sp³-hybridized carbons (Fsp3) is 0.533. The van der Waals surface area contributed by atoms with Gasteiger partial charge in [-0.1, -0.05) is 6.92 Å². The van der Waals surface area contributed by atoms with Gasteiger partial charge in [0.1, 0.15) is 5.84 Å². The average Bonchev–Trinajstić information content (AvgIpc) is 2.46. The molecule has 1 aromatic rings. The summed E-state index contributed by atoms with van der Waals surface area (Å²) in [6.07, 6.45) is 1.21. The van der Waals surface area contributed by atoms with Gasteiger partial charge in [-0.2, -0.15) is 0 Å². The minimum absolute atomic E-state index is 0.110. The highest BCUT2D eigenvalue weighted by molar-refractivity contribution is 9.10. The van der Waals surface area contributed by atoms with Crippen LogP contribution in [0.25, 0.3) is 0 Å². The highest BCUT2D eigenvalue weighted by Crippen LogP contribution is 2.28. The number of amidine groups is 1. The Morgan fingerprint density at radius 3 is 2.50 bits per heavy atom. The molecule has 0 bridgehead atoms. The Bertz CT molecular complexity index is 481. The van der Waals surface area contributed by atoms with Crippen molar-refractivity contribution in [3.8, 4) is 0 Å². The van der Waals surface area contributed by atoms with E-state index in [0.29, 0.717) is 6.04 Å². The van der Waals surface area contributed by atoms with E-state index in [-0.39, 0.29) is 5.84 Å². The Morgan fingerprint density at radius 2 is 2.00 bits per heavy atom. The lowest BCUT2D eigenvalue weighted by molar-refractivity contribution is 0.193. The van der Waals surface area contributed by atoms with Crippen LogP contribution < -0.4 is 10.6 Å². The number of piperazine rings is 1. The molecule has 5 heteroatoms. The molecule has 20 heavy (non-hydrogen) atoms. The second kappa shape index (κ2) is 6.59. The lowest BCUT2D eigenvalue weighted by Gasteiger charge is -2.39. The predicted octanol–water partition coefficient (Wildman–Crippen LogP) is 2.65. The van der Waals surface area contributed by atoms with E-state index in [0.717, 1.165) is 36.2 Å². The summed E-state index contributed by atoms with van der Waals surface area (Å²) in [7, 11) is 0. The molecule has 0 amide bonds. The van der Waals surface area contributed by atoms with Crippen molar-refractivity contribution in [1.82, 2.24) is 4.90 Å². The summed E-state index contributed by atoms with van der Waals surface area (Å²) < 4.78 is 1.02. The summed E-state index contributed by atoms with van der Waals surface area (Å²) in [5.41, 5.74) is 7.48. The number of benzene rings is 1. The lowest BCUT2D eigenvalue weighted by atomic mass is 10.1. The van der Waals surface area contributed by atoms with Gasteiger partial charge in [-0.25, -0.2) is 0 Å². The molecule has 4 nitrogen and oxygen atoms in total. The van der Waals surface area contributed by atoms with Crippen molar-refractivity contribution in [1.29, 1.82) is 5.41 Å². The summed E-state index contributed by atoms with van der Waals surface area (Å²) in [5.74, 6) is 0.110. The smallest absolute Gasteiger partial charge is 0.122 e. The van der Waals surface area contributed by atoms with Crippen molar-refractivity contribution >= 4 is 27.5 Å². The van der Waals surface area contributed by atoms with Gasteiger partial charge < -0.3 is 10.6 Å². The molecule has 1 fully saturated rings. The molecule has 0 radical (unpaired) electrons. The third kappa shape index (κ3) is 3.33. The van der Waals surface area contributed by atoms with Gasteiger partial charge >= 0.3 is 0 Å². The van der Waals surface area contributed by atoms with Crippen LogP contribution in [0, 0.1) is 5.41 Å². The number of hydrogen-bond acceptors (Lipinski definition) is 3. The molecule has 1 aliphatic heterocycles. The topological polar surface area (TPSA) is 56.4 Å². The van der Waals surface area contributed by atoms with Crippen LogP contribution in [0.4, 0.5) is 5.69 Å². The number of nitrogens with zero attached hydrogens (tertiary/aromatic N) is 2. The molecular weight excluding hydrogens is 316 g/mol. The molecule has 1 aromatic carbocycles. The van der Waals surface area contributed by atoms with Crippen LogP contribution in [-0.2, 0) is 0 Å². The van der Waals surface area contributed by atoms with Gasteiger partial charge in [0.25, 0.3) is 0 Å². The van der Waals surface area contributed by atoms with Crippen molar-refractivity contribution in [2.45, 2.75) is 26.3 Å². The zero-order valence-corrected chi connectivity index (χ0v) is 13.8. The molecular formula is C15H23BrN4. The van der Waals surface area contributed by atoms with E-state index >= 15 is 0 Å². The molecule has 0 aromatic heterocycles. The Morgan fingerprint density at radius 1 is 1.35 bits per heavy atom. The Hall–Kier alpha value is -1.07. The highest BCUT2D eigenvalue weighted by atomic mass is 79.9. The van der Waals surface area contributed by atoms with E-state index in [1.807, 2.05) is 12.1 Å². The molecule has 1 atom stereocenters. The van der Waals surface area contributed by atoms with Gasteiger partial charge in [0.05, 0.1) is 5.69 Å². The predicted molar refractivity (Wildman–Crippen MR) is 88.7 cm³/mol. The number of anilines is 1. The normalized spacial score (nSPS) is 18.1. The minimum atomic E-state index is 0.110. The maximum atomic E-state index is 7.48. The quantitative estimate of drug-likeness (QED) is 0.655. The van der Waals surface area contributed by atoms with Gasteiger partial charge in [0.15, 0.2) is 0 Å². The van der Waals surface area contributed by atoms with Gasteiger partial charge in [0.2, 0.25) is 0 Å². The van der Waals surface area contributed by atoms with E-state index in [9.17, 15) is 0 Å². The SMILES string of the molecule is CCC(C)N1CCN(c2ccc(C(=N)N)cc2Br)CC1. The van der Waals surface area contributed by atoms with E-state index in [2.05, 4.69) is 45.6 Å². The van der Waals surface area contributed by atoms with Crippen LogP contribution in [-0.4, -0.2) is 43.0 Å². The summed E-state index contributed by atoms with van der Waals surface area (Å²) in [5, 5.41) is 7.48. The van der Waals surface area contributed by atoms with Gasteiger partial charge in [0, 0.05) is 42.3 Å². The van der Waals surface area contributed by atoms with Crippen LogP contribution in [0.2, 0.25) is 0 Å². The van der Waals surface area contributed by atoms with Gasteiger partial charge in [-0.3, -0.25) is 10.3 Å². The molecule has 1 saturated heterocycles. The van der Waals surface area contributed by atoms with Crippen LogP contribution in [0.3, 0.4) is 0 Å². The van der Waals surface area contributed by atoms with Crippen LogP contribution in [0.5, 0.6) is 0 Å². The maximum absolute atomic E-state index is 7.48. The number of halogens is 1. The number of hydrogen-bond donors (Lipinski definition) is 2. The fourth-order valence-corrected chi connectivity index (χ4v) is 3.22. The maximum Gasteiger partial charge on any atom is 0.122 e. The molecule has 1 aliphatic rings. The van der Waals surface area contributed by atoms with Gasteiger partial charge in [-0.05, 0) is 47.5 Å². The Kier molecular flexibility index (Phi) is 5.05. The standard InChI is InChI=1S/C15H23BrN4/c1-3-11(2)19-6-8-20(9-7-19)14-5-4-12(15(17)18)10-13(14)16/h4-5,10-11H,3,6-9H2,1-2H3,(H3,17,18). The Balaban J connectivity index is 2.05. The molecule has 0 saturated carbocycles. The van der Waals surface area contributed by atoms with Crippen molar-refractivity contribution in [3.05, 3.63) is 28.2 Å². The lowest BCUT2D eigenvalue weighted by Crippen LogP contribution is -2.49. The summed E-state index contributed by atoms with van der Waals surface area (Å²) in [6, 6.07) is 6.57. The average molecular weight is 339 g/mol. The first-order chi connectivity index (χ1) is 9.52. The number of nitrogens with two attached hydrogens (primary N) is 1. The van der Waals surface area contributed by atoms with Gasteiger partial charge in [-0.15, -0.1) is 0 Å². The van der Waals surface area contributed by atoms with Crippen molar-refractivity contribution in [2.24, 2.45) is 5.73 Å².